The highest BCUT2D eigenvalue weighted by Gasteiger charge is 2.20. The second-order valence-corrected chi connectivity index (χ2v) is 7.16. The number of hydrogen-bond acceptors (Lipinski definition) is 3. The summed E-state index contributed by atoms with van der Waals surface area (Å²) in [5.41, 5.74) is 0.652. The van der Waals surface area contributed by atoms with Gasteiger partial charge in [-0.3, -0.25) is 4.79 Å². The van der Waals surface area contributed by atoms with Gasteiger partial charge in [-0.15, -0.1) is 11.3 Å². The van der Waals surface area contributed by atoms with E-state index in [2.05, 4.69) is 10.3 Å². The summed E-state index contributed by atoms with van der Waals surface area (Å²) in [7, 11) is 0. The Balaban J connectivity index is 1.92. The zero-order valence-electron chi connectivity index (χ0n) is 12.4. The molecule has 0 atom stereocenters. The average molecular weight is 306 g/mol. The third-order valence-corrected chi connectivity index (χ3v) is 3.97. The van der Waals surface area contributed by atoms with Crippen LogP contribution in [0.3, 0.4) is 0 Å². The van der Waals surface area contributed by atoms with Crippen LogP contribution in [0, 0.1) is 11.2 Å². The van der Waals surface area contributed by atoms with Crippen LogP contribution in [0.2, 0.25) is 0 Å². The van der Waals surface area contributed by atoms with Crippen LogP contribution in [0.1, 0.15) is 36.2 Å². The lowest BCUT2D eigenvalue weighted by atomic mass is 9.96. The van der Waals surface area contributed by atoms with E-state index < -0.39 is 5.41 Å². The number of nitrogens with zero attached hydrogens (tertiary/aromatic N) is 1. The van der Waals surface area contributed by atoms with E-state index in [0.29, 0.717) is 6.54 Å². The molecule has 2 aromatic rings. The molecule has 3 nitrogen and oxygen atoms in total. The van der Waals surface area contributed by atoms with Crippen molar-refractivity contribution in [3.63, 3.8) is 0 Å². The molecule has 1 heterocycles. The Morgan fingerprint density at radius 3 is 2.57 bits per heavy atom. The van der Waals surface area contributed by atoms with Crippen molar-refractivity contribution in [3.8, 4) is 0 Å². The van der Waals surface area contributed by atoms with E-state index in [9.17, 15) is 9.18 Å². The largest absolute Gasteiger partial charge is 0.349 e. The first kappa shape index (κ1) is 15.6. The van der Waals surface area contributed by atoms with Crippen LogP contribution >= 0.6 is 11.3 Å². The molecule has 0 radical (unpaired) electrons. The van der Waals surface area contributed by atoms with Gasteiger partial charge in [0, 0.05) is 22.9 Å². The molecule has 0 unspecified atom stereocenters. The number of hydrogen-bond donors (Lipinski definition) is 1. The highest BCUT2D eigenvalue weighted by atomic mass is 32.1. The second-order valence-electron chi connectivity index (χ2n) is 5.96. The number of aromatic nitrogens is 1. The van der Waals surface area contributed by atoms with Gasteiger partial charge >= 0.3 is 0 Å². The molecule has 112 valence electrons. The number of carbonyl (C=O) groups excluding carboxylic acids is 1. The Kier molecular flexibility index (Phi) is 4.73. The molecule has 0 fully saturated rings. The number of halogens is 1. The Labute approximate surface area is 128 Å². The molecule has 1 aromatic carbocycles. The second kappa shape index (κ2) is 6.35. The summed E-state index contributed by atoms with van der Waals surface area (Å²) in [6.45, 7) is 6.09. The Morgan fingerprint density at radius 1 is 1.29 bits per heavy atom. The lowest BCUT2D eigenvalue weighted by molar-refractivity contribution is -0.128. The first-order valence-electron chi connectivity index (χ1n) is 6.81. The molecule has 1 aromatic heterocycles. The molecule has 0 aliphatic heterocycles. The van der Waals surface area contributed by atoms with Gasteiger partial charge in [0.25, 0.3) is 0 Å². The van der Waals surface area contributed by atoms with E-state index in [1.54, 1.807) is 23.5 Å². The number of carbonyl (C=O) groups is 1. The fourth-order valence-electron chi connectivity index (χ4n) is 1.74. The van der Waals surface area contributed by atoms with E-state index in [1.165, 1.54) is 12.1 Å². The minimum Gasteiger partial charge on any atom is -0.349 e. The number of benzene rings is 1. The molecular formula is C16H19FN2OS. The van der Waals surface area contributed by atoms with Crippen molar-refractivity contribution in [2.45, 2.75) is 33.7 Å². The van der Waals surface area contributed by atoms with Crippen molar-refractivity contribution in [2.75, 3.05) is 0 Å². The minimum atomic E-state index is -0.395. The Hall–Kier alpha value is -1.75. The normalized spacial score (nSPS) is 11.4. The quantitative estimate of drug-likeness (QED) is 0.939. The van der Waals surface area contributed by atoms with Gasteiger partial charge < -0.3 is 5.32 Å². The van der Waals surface area contributed by atoms with Crippen molar-refractivity contribution in [1.29, 1.82) is 0 Å². The Bertz CT molecular complexity index is 614. The average Bonchev–Trinajstić information content (AvgIpc) is 2.85. The van der Waals surface area contributed by atoms with E-state index in [0.717, 1.165) is 21.9 Å². The molecule has 0 bridgehead atoms. The summed E-state index contributed by atoms with van der Waals surface area (Å²) >= 11 is 1.56. The lowest BCUT2D eigenvalue weighted by Crippen LogP contribution is -2.34. The van der Waals surface area contributed by atoms with E-state index >= 15 is 0 Å². The summed E-state index contributed by atoms with van der Waals surface area (Å²) in [6.07, 6.45) is 2.54. The summed E-state index contributed by atoms with van der Waals surface area (Å²) < 4.78 is 12.9. The van der Waals surface area contributed by atoms with Gasteiger partial charge in [0.2, 0.25) is 5.91 Å². The molecule has 0 saturated heterocycles. The smallest absolute Gasteiger partial charge is 0.225 e. The third kappa shape index (κ3) is 4.63. The van der Waals surface area contributed by atoms with Gasteiger partial charge in [-0.1, -0.05) is 32.9 Å². The van der Waals surface area contributed by atoms with Crippen LogP contribution in [0.25, 0.3) is 0 Å². The number of amides is 1. The van der Waals surface area contributed by atoms with Crippen LogP contribution in [-0.2, 0) is 17.8 Å². The van der Waals surface area contributed by atoms with Crippen LogP contribution in [0.4, 0.5) is 4.39 Å². The first-order valence-corrected chi connectivity index (χ1v) is 7.62. The van der Waals surface area contributed by atoms with Gasteiger partial charge in [0.05, 0.1) is 6.54 Å². The summed E-state index contributed by atoms with van der Waals surface area (Å²) in [5.74, 6) is -0.216. The molecular weight excluding hydrogens is 287 g/mol. The maximum absolute atomic E-state index is 12.9. The van der Waals surface area contributed by atoms with Gasteiger partial charge in [0.1, 0.15) is 10.8 Å². The lowest BCUT2D eigenvalue weighted by Gasteiger charge is -2.16. The first-order chi connectivity index (χ1) is 9.84. The molecule has 0 aliphatic rings. The number of rotatable bonds is 4. The zero-order valence-corrected chi connectivity index (χ0v) is 13.3. The van der Waals surface area contributed by atoms with Crippen molar-refractivity contribution < 1.29 is 9.18 Å². The molecule has 5 heteroatoms. The Morgan fingerprint density at radius 2 is 1.95 bits per heavy atom. The predicted molar refractivity (Wildman–Crippen MR) is 82.6 cm³/mol. The maximum Gasteiger partial charge on any atom is 0.225 e. The van der Waals surface area contributed by atoms with E-state index in [1.807, 2.05) is 27.0 Å². The van der Waals surface area contributed by atoms with Crippen LogP contribution < -0.4 is 5.32 Å². The van der Waals surface area contributed by atoms with E-state index in [-0.39, 0.29) is 11.7 Å². The molecule has 1 amide bonds. The third-order valence-electron chi connectivity index (χ3n) is 2.97. The predicted octanol–water partition coefficient (Wildman–Crippen LogP) is 3.54. The highest BCUT2D eigenvalue weighted by molar-refractivity contribution is 7.11. The fraction of sp³-hybridized carbons (Fsp3) is 0.375. The summed E-state index contributed by atoms with van der Waals surface area (Å²) in [6, 6.07) is 6.47. The van der Waals surface area contributed by atoms with Gasteiger partial charge in [-0.2, -0.15) is 0 Å². The molecule has 1 N–H and O–H groups in total. The molecule has 21 heavy (non-hydrogen) atoms. The number of nitrogens with one attached hydrogen (secondary N) is 1. The summed E-state index contributed by atoms with van der Waals surface area (Å²) in [4.78, 5) is 17.2. The molecule has 0 aliphatic carbocycles. The standard InChI is InChI=1S/C16H19FN2OS/c1-16(2,3)15(20)19-10-14-18-9-13(21-14)8-11-4-6-12(17)7-5-11/h4-7,9H,8,10H2,1-3H3,(H,19,20). The molecule has 2 rings (SSSR count). The molecule has 0 spiro atoms. The topological polar surface area (TPSA) is 42.0 Å². The SMILES string of the molecule is CC(C)(C)C(=O)NCc1ncc(Cc2ccc(F)cc2)s1. The molecule has 0 saturated carbocycles. The number of thiazole rings is 1. The van der Waals surface area contributed by atoms with Gasteiger partial charge in [0.15, 0.2) is 0 Å². The van der Waals surface area contributed by atoms with Crippen molar-refractivity contribution in [3.05, 3.63) is 51.7 Å². The van der Waals surface area contributed by atoms with Gasteiger partial charge in [-0.25, -0.2) is 9.37 Å². The maximum atomic E-state index is 12.9. The summed E-state index contributed by atoms with van der Waals surface area (Å²) in [5, 5.41) is 3.76. The highest BCUT2D eigenvalue weighted by Crippen LogP contribution is 2.18. The van der Waals surface area contributed by atoms with Crippen LogP contribution in [0.15, 0.2) is 30.5 Å². The van der Waals surface area contributed by atoms with Crippen molar-refractivity contribution >= 4 is 17.2 Å². The van der Waals surface area contributed by atoms with Crippen LogP contribution in [-0.4, -0.2) is 10.9 Å². The minimum absolute atomic E-state index is 0.0118. The van der Waals surface area contributed by atoms with Gasteiger partial charge in [-0.05, 0) is 17.7 Å². The monoisotopic (exact) mass is 306 g/mol. The van der Waals surface area contributed by atoms with Crippen molar-refractivity contribution in [1.82, 2.24) is 10.3 Å². The zero-order chi connectivity index (χ0) is 15.5. The fourth-order valence-corrected chi connectivity index (χ4v) is 2.63. The van der Waals surface area contributed by atoms with Crippen LogP contribution in [0.5, 0.6) is 0 Å². The van der Waals surface area contributed by atoms with Crippen molar-refractivity contribution in [2.24, 2.45) is 5.41 Å². The van der Waals surface area contributed by atoms with E-state index in [4.69, 9.17) is 0 Å².